The van der Waals surface area contributed by atoms with Gasteiger partial charge in [0.2, 0.25) is 5.95 Å². The molecule has 0 amide bonds. The van der Waals surface area contributed by atoms with Gasteiger partial charge in [0.15, 0.2) is 0 Å². The van der Waals surface area contributed by atoms with Gasteiger partial charge < -0.3 is 10.6 Å². The van der Waals surface area contributed by atoms with Gasteiger partial charge in [-0.25, -0.2) is 13.9 Å². The van der Waals surface area contributed by atoms with E-state index in [0.717, 1.165) is 13.1 Å². The monoisotopic (exact) mass is 310 g/mol. The Kier molecular flexibility index (Phi) is 3.31. The topological polar surface area (TPSA) is 59.0 Å². The Hall–Kier alpha value is -2.73. The highest BCUT2D eigenvalue weighted by Gasteiger charge is 2.21. The number of fused-ring (bicyclic) bond motifs is 1. The molecule has 0 saturated carbocycles. The molecule has 0 unspecified atom stereocenters. The summed E-state index contributed by atoms with van der Waals surface area (Å²) in [5, 5.41) is 6.44. The van der Waals surface area contributed by atoms with E-state index < -0.39 is 11.4 Å². The molecule has 1 saturated heterocycles. The molecule has 1 aliphatic rings. The number of rotatable bonds is 3. The molecule has 1 aliphatic heterocycles. The molecule has 23 heavy (non-hydrogen) atoms. The third kappa shape index (κ3) is 2.37. The minimum absolute atomic E-state index is 0.00800. The zero-order valence-electron chi connectivity index (χ0n) is 12.3. The van der Waals surface area contributed by atoms with Gasteiger partial charge in [0, 0.05) is 13.1 Å². The predicted molar refractivity (Wildman–Crippen MR) is 87.6 cm³/mol. The molecule has 116 valence electrons. The van der Waals surface area contributed by atoms with E-state index in [-0.39, 0.29) is 11.4 Å². The molecule has 0 radical (unpaired) electrons. The van der Waals surface area contributed by atoms with E-state index in [1.807, 2.05) is 18.2 Å². The minimum Gasteiger partial charge on any atom is -0.350 e. The molecule has 0 bridgehead atoms. The molecule has 2 N–H and O–H groups in total. The van der Waals surface area contributed by atoms with Gasteiger partial charge in [-0.15, -0.1) is 0 Å². The van der Waals surface area contributed by atoms with E-state index in [4.69, 9.17) is 0 Å². The smallest absolute Gasteiger partial charge is 0.270 e. The summed E-state index contributed by atoms with van der Waals surface area (Å²) in [5.41, 5.74) is 0.607. The van der Waals surface area contributed by atoms with E-state index >= 15 is 0 Å². The second kappa shape index (κ2) is 5.48. The van der Waals surface area contributed by atoms with Crippen LogP contribution in [0.3, 0.4) is 0 Å². The molecule has 1 fully saturated rings. The Bertz CT molecular complexity index is 919. The van der Waals surface area contributed by atoms with Crippen molar-refractivity contribution in [1.82, 2.24) is 14.9 Å². The molecular formula is C17H15FN4O. The van der Waals surface area contributed by atoms with Crippen LogP contribution in [0.5, 0.6) is 0 Å². The van der Waals surface area contributed by atoms with Crippen molar-refractivity contribution in [2.45, 2.75) is 6.04 Å². The van der Waals surface area contributed by atoms with Crippen molar-refractivity contribution in [2.75, 3.05) is 18.4 Å². The normalized spacial score (nSPS) is 14.7. The first-order valence-electron chi connectivity index (χ1n) is 7.48. The number of nitrogens with zero attached hydrogens (tertiary/aromatic N) is 2. The van der Waals surface area contributed by atoms with Crippen LogP contribution in [0.2, 0.25) is 0 Å². The zero-order valence-corrected chi connectivity index (χ0v) is 12.3. The molecule has 0 aliphatic carbocycles. The maximum atomic E-state index is 14.1. The first-order chi connectivity index (χ1) is 11.2. The zero-order chi connectivity index (χ0) is 15.8. The van der Waals surface area contributed by atoms with E-state index in [0.29, 0.717) is 17.2 Å². The van der Waals surface area contributed by atoms with Crippen molar-refractivity contribution in [3.8, 4) is 5.69 Å². The summed E-state index contributed by atoms with van der Waals surface area (Å²) in [6.07, 6.45) is 0. The lowest BCUT2D eigenvalue weighted by Gasteiger charge is -2.29. The predicted octanol–water partition coefficient (Wildman–Crippen LogP) is 1.91. The van der Waals surface area contributed by atoms with Gasteiger partial charge in [0.05, 0.1) is 17.2 Å². The summed E-state index contributed by atoms with van der Waals surface area (Å²) in [6.45, 7) is 1.62. The fraction of sp³-hybridized carbons (Fsp3) is 0.176. The number of nitrogens with one attached hydrogen (secondary N) is 2. The van der Waals surface area contributed by atoms with Crippen LogP contribution in [0, 0.1) is 5.82 Å². The second-order valence-electron chi connectivity index (χ2n) is 5.54. The van der Waals surface area contributed by atoms with Crippen LogP contribution >= 0.6 is 0 Å². The molecular weight excluding hydrogens is 295 g/mol. The second-order valence-corrected chi connectivity index (χ2v) is 5.54. The highest BCUT2D eigenvalue weighted by Crippen LogP contribution is 2.19. The van der Waals surface area contributed by atoms with Crippen molar-refractivity contribution in [1.29, 1.82) is 0 Å². The number of aromatic nitrogens is 2. The average molecular weight is 310 g/mol. The molecule has 6 heteroatoms. The average Bonchev–Trinajstić information content (AvgIpc) is 2.52. The van der Waals surface area contributed by atoms with E-state index in [1.165, 1.54) is 10.6 Å². The molecule has 5 nitrogen and oxygen atoms in total. The molecule has 2 aromatic carbocycles. The van der Waals surface area contributed by atoms with Crippen LogP contribution in [-0.4, -0.2) is 28.7 Å². The molecule has 2 heterocycles. The highest BCUT2D eigenvalue weighted by atomic mass is 19.1. The molecule has 3 aromatic rings. The van der Waals surface area contributed by atoms with E-state index in [2.05, 4.69) is 15.6 Å². The Balaban J connectivity index is 1.99. The molecule has 1 aromatic heterocycles. The summed E-state index contributed by atoms with van der Waals surface area (Å²) in [7, 11) is 0. The lowest BCUT2D eigenvalue weighted by Crippen LogP contribution is -2.52. The number of hydrogen-bond acceptors (Lipinski definition) is 4. The maximum Gasteiger partial charge on any atom is 0.270 e. The Morgan fingerprint density at radius 2 is 1.91 bits per heavy atom. The van der Waals surface area contributed by atoms with Crippen molar-refractivity contribution in [3.63, 3.8) is 0 Å². The van der Waals surface area contributed by atoms with Gasteiger partial charge in [0.25, 0.3) is 5.56 Å². The fourth-order valence-electron chi connectivity index (χ4n) is 2.68. The van der Waals surface area contributed by atoms with Crippen LogP contribution in [0.1, 0.15) is 0 Å². The van der Waals surface area contributed by atoms with Crippen LogP contribution in [-0.2, 0) is 0 Å². The summed E-state index contributed by atoms with van der Waals surface area (Å²) in [5.74, 6) is -0.118. The van der Waals surface area contributed by atoms with Gasteiger partial charge >= 0.3 is 0 Å². The van der Waals surface area contributed by atoms with Crippen LogP contribution in [0.25, 0.3) is 16.6 Å². The van der Waals surface area contributed by atoms with Gasteiger partial charge in [-0.05, 0) is 24.3 Å². The summed E-state index contributed by atoms with van der Waals surface area (Å²) < 4.78 is 15.6. The van der Waals surface area contributed by atoms with Crippen LogP contribution in [0.15, 0.2) is 53.3 Å². The third-order valence-corrected chi connectivity index (χ3v) is 3.98. The Morgan fingerprint density at radius 1 is 1.13 bits per heavy atom. The van der Waals surface area contributed by atoms with Crippen LogP contribution < -0.4 is 16.2 Å². The van der Waals surface area contributed by atoms with Crippen molar-refractivity contribution < 1.29 is 4.39 Å². The third-order valence-electron chi connectivity index (χ3n) is 3.98. The number of benzene rings is 2. The standard InChI is InChI=1S/C17H15FN4O/c18-13-7-4-8-14-15(13)16(23)22(12-5-2-1-3-6-12)17(21-14)20-11-9-19-10-11/h1-8,11,19H,9-10H2,(H,20,21). The van der Waals surface area contributed by atoms with Crippen molar-refractivity contribution in [3.05, 3.63) is 64.7 Å². The number of para-hydroxylation sites is 1. The van der Waals surface area contributed by atoms with Crippen LogP contribution in [0.4, 0.5) is 10.3 Å². The largest absolute Gasteiger partial charge is 0.350 e. The number of halogens is 1. The molecule has 4 rings (SSSR count). The Morgan fingerprint density at radius 3 is 2.61 bits per heavy atom. The quantitative estimate of drug-likeness (QED) is 0.776. The SMILES string of the molecule is O=c1c2c(F)cccc2nc(NC2CNC2)n1-c1ccccc1. The first kappa shape index (κ1) is 13.9. The fourth-order valence-corrected chi connectivity index (χ4v) is 2.68. The maximum absolute atomic E-state index is 14.1. The van der Waals surface area contributed by atoms with Crippen molar-refractivity contribution >= 4 is 16.9 Å². The van der Waals surface area contributed by atoms with Gasteiger partial charge in [0.1, 0.15) is 11.2 Å². The van der Waals surface area contributed by atoms with E-state index in [1.54, 1.807) is 24.3 Å². The number of anilines is 1. The van der Waals surface area contributed by atoms with E-state index in [9.17, 15) is 9.18 Å². The summed E-state index contributed by atoms with van der Waals surface area (Å²) >= 11 is 0. The van der Waals surface area contributed by atoms with Gasteiger partial charge in [-0.3, -0.25) is 4.79 Å². The molecule has 0 spiro atoms. The number of hydrogen-bond donors (Lipinski definition) is 2. The summed E-state index contributed by atoms with van der Waals surface area (Å²) in [6, 6.07) is 13.9. The minimum atomic E-state index is -0.554. The Labute approximate surface area is 131 Å². The van der Waals surface area contributed by atoms with Gasteiger partial charge in [-0.2, -0.15) is 0 Å². The summed E-state index contributed by atoms with van der Waals surface area (Å²) in [4.78, 5) is 17.4. The highest BCUT2D eigenvalue weighted by molar-refractivity contribution is 5.80. The first-order valence-corrected chi connectivity index (χ1v) is 7.48. The molecule has 0 atom stereocenters. The lowest BCUT2D eigenvalue weighted by molar-refractivity contribution is 0.468. The van der Waals surface area contributed by atoms with Gasteiger partial charge in [-0.1, -0.05) is 24.3 Å². The van der Waals surface area contributed by atoms with Crippen molar-refractivity contribution in [2.24, 2.45) is 0 Å². The lowest BCUT2D eigenvalue weighted by atomic mass is 10.2.